The SMILES string of the molecule is [C]C1CC(C)CC=C1C(C)C. The number of hydrogen-bond donors (Lipinski definition) is 0. The molecule has 0 aromatic rings. The van der Waals surface area contributed by atoms with E-state index in [9.17, 15) is 0 Å². The van der Waals surface area contributed by atoms with Gasteiger partial charge in [0.15, 0.2) is 0 Å². The Kier molecular flexibility index (Phi) is 2.75. The van der Waals surface area contributed by atoms with Gasteiger partial charge in [-0.3, -0.25) is 0 Å². The predicted molar refractivity (Wildman–Crippen MR) is 48.1 cm³/mol. The molecule has 1 rings (SSSR count). The second-order valence-electron chi connectivity index (χ2n) is 3.99. The molecule has 0 bridgehead atoms. The van der Waals surface area contributed by atoms with Crippen LogP contribution in [0.5, 0.6) is 0 Å². The zero-order chi connectivity index (χ0) is 8.43. The zero-order valence-electron chi connectivity index (χ0n) is 7.72. The quantitative estimate of drug-likeness (QED) is 0.502. The van der Waals surface area contributed by atoms with Gasteiger partial charge in [-0.1, -0.05) is 32.4 Å². The summed E-state index contributed by atoms with van der Waals surface area (Å²) in [5.74, 6) is 1.38. The van der Waals surface area contributed by atoms with Crippen molar-refractivity contribution in [2.45, 2.75) is 33.6 Å². The maximum atomic E-state index is 7.82. The second-order valence-corrected chi connectivity index (χ2v) is 3.99. The summed E-state index contributed by atoms with van der Waals surface area (Å²) in [6.45, 7) is 14.4. The van der Waals surface area contributed by atoms with Gasteiger partial charge in [0, 0.05) is 0 Å². The van der Waals surface area contributed by atoms with Crippen molar-refractivity contribution < 1.29 is 0 Å². The van der Waals surface area contributed by atoms with Gasteiger partial charge in [-0.15, -0.1) is 0 Å². The van der Waals surface area contributed by atoms with E-state index in [1.54, 1.807) is 0 Å². The van der Waals surface area contributed by atoms with Crippen molar-refractivity contribution in [2.75, 3.05) is 0 Å². The number of rotatable bonds is 1. The van der Waals surface area contributed by atoms with Crippen LogP contribution in [0.4, 0.5) is 0 Å². The fraction of sp³-hybridized carbons (Fsp3) is 0.727. The maximum Gasteiger partial charge on any atom is -0.000943 e. The summed E-state index contributed by atoms with van der Waals surface area (Å²) in [7, 11) is 0. The molecule has 0 saturated heterocycles. The minimum Gasteiger partial charge on any atom is -0.0845 e. The Morgan fingerprint density at radius 1 is 1.55 bits per heavy atom. The molecule has 2 atom stereocenters. The third kappa shape index (κ3) is 2.08. The number of hydrogen-bond acceptors (Lipinski definition) is 0. The van der Waals surface area contributed by atoms with Gasteiger partial charge >= 0.3 is 0 Å². The Bertz CT molecular complexity index is 153. The molecule has 11 heavy (non-hydrogen) atoms. The largest absolute Gasteiger partial charge is 0.0845 e. The highest BCUT2D eigenvalue weighted by Gasteiger charge is 2.19. The number of allylic oxidation sites excluding steroid dienone is 2. The molecule has 0 aromatic heterocycles. The van der Waals surface area contributed by atoms with Crippen molar-refractivity contribution in [1.82, 2.24) is 0 Å². The topological polar surface area (TPSA) is 0 Å². The summed E-state index contributed by atoms with van der Waals surface area (Å²) in [5, 5.41) is 0. The zero-order valence-corrected chi connectivity index (χ0v) is 7.72. The average Bonchev–Trinajstić information content (AvgIpc) is 1.85. The predicted octanol–water partition coefficient (Wildman–Crippen LogP) is 3.20. The third-order valence-electron chi connectivity index (χ3n) is 2.46. The van der Waals surface area contributed by atoms with Gasteiger partial charge in [-0.25, -0.2) is 0 Å². The lowest BCUT2D eigenvalue weighted by Crippen LogP contribution is -2.14. The van der Waals surface area contributed by atoms with Gasteiger partial charge in [0.05, 0.1) is 0 Å². The van der Waals surface area contributed by atoms with Gasteiger partial charge in [0.25, 0.3) is 0 Å². The van der Waals surface area contributed by atoms with Gasteiger partial charge in [-0.05, 0) is 37.5 Å². The molecule has 0 amide bonds. The molecular weight excluding hydrogens is 132 g/mol. The van der Waals surface area contributed by atoms with E-state index in [1.807, 2.05) is 0 Å². The van der Waals surface area contributed by atoms with Crippen molar-refractivity contribution in [3.8, 4) is 0 Å². The molecule has 0 aliphatic heterocycles. The Morgan fingerprint density at radius 3 is 2.64 bits per heavy atom. The van der Waals surface area contributed by atoms with E-state index in [-0.39, 0.29) is 5.92 Å². The van der Waals surface area contributed by atoms with Crippen LogP contribution in [0.2, 0.25) is 0 Å². The highest BCUT2D eigenvalue weighted by atomic mass is 14.2. The summed E-state index contributed by atoms with van der Waals surface area (Å²) in [6, 6.07) is 0. The molecule has 0 N–H and O–H groups in total. The van der Waals surface area contributed by atoms with Gasteiger partial charge in [0.1, 0.15) is 0 Å². The van der Waals surface area contributed by atoms with Crippen LogP contribution < -0.4 is 0 Å². The molecule has 61 valence electrons. The van der Waals surface area contributed by atoms with Crippen LogP contribution >= 0.6 is 0 Å². The van der Waals surface area contributed by atoms with E-state index in [1.165, 1.54) is 12.0 Å². The second kappa shape index (κ2) is 3.42. The van der Waals surface area contributed by atoms with Crippen LogP contribution in [0, 0.1) is 24.7 Å². The first kappa shape index (κ1) is 8.83. The molecule has 2 unspecified atom stereocenters. The molecule has 0 nitrogen and oxygen atoms in total. The molecule has 0 heteroatoms. The molecule has 0 fully saturated rings. The van der Waals surface area contributed by atoms with Gasteiger partial charge in [-0.2, -0.15) is 0 Å². The minimum absolute atomic E-state index is 0.0822. The van der Waals surface area contributed by atoms with E-state index in [2.05, 4.69) is 26.8 Å². The smallest absolute Gasteiger partial charge is 0.000943 e. The standard InChI is InChI=1S/C11H17/c1-8(2)11-6-5-9(3)7-10(11)4/h6,8-10H,5,7H2,1-3H3. The molecule has 0 spiro atoms. The van der Waals surface area contributed by atoms with Crippen molar-refractivity contribution in [3.05, 3.63) is 18.6 Å². The Hall–Kier alpha value is -0.260. The van der Waals surface area contributed by atoms with Gasteiger partial charge in [0.2, 0.25) is 0 Å². The van der Waals surface area contributed by atoms with Crippen LogP contribution in [0.3, 0.4) is 0 Å². The molecular formula is C11H17. The highest BCUT2D eigenvalue weighted by Crippen LogP contribution is 2.32. The molecule has 0 heterocycles. The van der Waals surface area contributed by atoms with Crippen LogP contribution in [0.15, 0.2) is 11.6 Å². The first-order valence-electron chi connectivity index (χ1n) is 4.52. The highest BCUT2D eigenvalue weighted by molar-refractivity contribution is 5.14. The van der Waals surface area contributed by atoms with Crippen LogP contribution in [0.1, 0.15) is 33.6 Å². The monoisotopic (exact) mass is 149 g/mol. The van der Waals surface area contributed by atoms with E-state index in [0.29, 0.717) is 5.92 Å². The Morgan fingerprint density at radius 2 is 2.18 bits per heavy atom. The van der Waals surface area contributed by atoms with E-state index < -0.39 is 0 Å². The lowest BCUT2D eigenvalue weighted by atomic mass is 9.79. The summed E-state index contributed by atoms with van der Waals surface area (Å²) < 4.78 is 0. The lowest BCUT2D eigenvalue weighted by molar-refractivity contribution is 0.428. The van der Waals surface area contributed by atoms with Crippen molar-refractivity contribution in [2.24, 2.45) is 17.8 Å². The normalized spacial score (nSPS) is 32.3. The molecule has 1 aliphatic carbocycles. The fourth-order valence-corrected chi connectivity index (χ4v) is 1.75. The van der Waals surface area contributed by atoms with Crippen LogP contribution in [-0.4, -0.2) is 0 Å². The van der Waals surface area contributed by atoms with E-state index in [0.717, 1.165) is 12.3 Å². The molecule has 3 radical (unpaired) electrons. The van der Waals surface area contributed by atoms with Crippen molar-refractivity contribution in [1.29, 1.82) is 0 Å². The van der Waals surface area contributed by atoms with Crippen molar-refractivity contribution in [3.63, 3.8) is 0 Å². The lowest BCUT2D eigenvalue weighted by Gasteiger charge is -2.27. The summed E-state index contributed by atoms with van der Waals surface area (Å²) in [4.78, 5) is 0. The van der Waals surface area contributed by atoms with Gasteiger partial charge < -0.3 is 0 Å². The van der Waals surface area contributed by atoms with Crippen LogP contribution in [0.25, 0.3) is 0 Å². The Labute approximate surface area is 70.7 Å². The van der Waals surface area contributed by atoms with Crippen molar-refractivity contribution >= 4 is 0 Å². The summed E-state index contributed by atoms with van der Waals surface area (Å²) in [6.07, 6.45) is 4.52. The molecule has 1 aliphatic rings. The minimum atomic E-state index is 0.0822. The molecule has 0 aromatic carbocycles. The first-order valence-corrected chi connectivity index (χ1v) is 4.52. The maximum absolute atomic E-state index is 7.82. The van der Waals surface area contributed by atoms with E-state index in [4.69, 9.17) is 6.92 Å². The average molecular weight is 149 g/mol. The summed E-state index contributed by atoms with van der Waals surface area (Å²) >= 11 is 0. The summed E-state index contributed by atoms with van der Waals surface area (Å²) in [5.41, 5.74) is 1.35. The van der Waals surface area contributed by atoms with E-state index >= 15 is 0 Å². The Balaban J connectivity index is 2.65. The molecule has 0 saturated carbocycles. The van der Waals surface area contributed by atoms with Crippen LogP contribution in [-0.2, 0) is 0 Å². The fourth-order valence-electron chi connectivity index (χ4n) is 1.75. The third-order valence-corrected chi connectivity index (χ3v) is 2.46. The first-order chi connectivity index (χ1) is 5.11.